The first-order valence-corrected chi connectivity index (χ1v) is 9.16. The number of rotatable bonds is 1. The van der Waals surface area contributed by atoms with E-state index < -0.39 is 5.60 Å². The molecular formula is C18H22BrFN2O3. The van der Waals surface area contributed by atoms with E-state index in [0.717, 1.165) is 12.8 Å². The summed E-state index contributed by atoms with van der Waals surface area (Å²) < 4.78 is 19.2. The van der Waals surface area contributed by atoms with Crippen LogP contribution in [0.4, 0.5) is 9.18 Å². The van der Waals surface area contributed by atoms with Crippen LogP contribution in [0.5, 0.6) is 0 Å². The van der Waals surface area contributed by atoms with Gasteiger partial charge in [-0.2, -0.15) is 0 Å². The molecule has 25 heavy (non-hydrogen) atoms. The second-order valence-corrected chi connectivity index (χ2v) is 8.56. The lowest BCUT2D eigenvalue weighted by Gasteiger charge is -2.42. The second-order valence-electron chi connectivity index (χ2n) is 7.71. The molecule has 1 aromatic carbocycles. The van der Waals surface area contributed by atoms with E-state index in [0.29, 0.717) is 29.7 Å². The van der Waals surface area contributed by atoms with E-state index in [9.17, 15) is 14.0 Å². The van der Waals surface area contributed by atoms with Gasteiger partial charge < -0.3 is 14.5 Å². The summed E-state index contributed by atoms with van der Waals surface area (Å²) in [4.78, 5) is 28.8. The highest BCUT2D eigenvalue weighted by molar-refractivity contribution is 9.10. The summed E-state index contributed by atoms with van der Waals surface area (Å²) in [6.45, 7) is 6.87. The van der Waals surface area contributed by atoms with Crippen molar-refractivity contribution in [2.75, 3.05) is 19.6 Å². The van der Waals surface area contributed by atoms with Gasteiger partial charge in [0.25, 0.3) is 5.91 Å². The van der Waals surface area contributed by atoms with Crippen LogP contribution in [0.2, 0.25) is 0 Å². The van der Waals surface area contributed by atoms with Crippen molar-refractivity contribution < 1.29 is 18.7 Å². The Balaban J connectivity index is 1.74. The highest BCUT2D eigenvalue weighted by Crippen LogP contribution is 2.45. The quantitative estimate of drug-likeness (QED) is 0.704. The van der Waals surface area contributed by atoms with Crippen molar-refractivity contribution in [3.05, 3.63) is 34.1 Å². The maximum Gasteiger partial charge on any atom is 0.410 e. The molecule has 1 aromatic rings. The predicted molar refractivity (Wildman–Crippen MR) is 94.9 cm³/mol. The summed E-state index contributed by atoms with van der Waals surface area (Å²) in [5, 5.41) is 0. The van der Waals surface area contributed by atoms with E-state index in [2.05, 4.69) is 15.9 Å². The van der Waals surface area contributed by atoms with Crippen LogP contribution in [0, 0.1) is 5.82 Å². The maximum absolute atomic E-state index is 13.3. The molecular weight excluding hydrogens is 391 g/mol. The van der Waals surface area contributed by atoms with Crippen molar-refractivity contribution in [2.45, 2.75) is 44.8 Å². The SMILES string of the molecule is CC(C)(C)OC(=O)N1CCN(C(=O)c2ccc(F)cc2Br)C2(CC2)C1. The molecule has 2 amide bonds. The van der Waals surface area contributed by atoms with E-state index in [4.69, 9.17) is 4.74 Å². The zero-order chi connectivity index (χ0) is 18.4. The number of benzene rings is 1. The minimum absolute atomic E-state index is 0.131. The Kier molecular flexibility index (Phi) is 4.56. The topological polar surface area (TPSA) is 49.9 Å². The molecule has 0 atom stereocenters. The Morgan fingerprint density at radius 2 is 1.92 bits per heavy atom. The van der Waals surface area contributed by atoms with E-state index in [-0.39, 0.29) is 23.4 Å². The van der Waals surface area contributed by atoms with Crippen molar-refractivity contribution in [3.8, 4) is 0 Å². The fourth-order valence-corrected chi connectivity index (χ4v) is 3.68. The Morgan fingerprint density at radius 3 is 2.48 bits per heavy atom. The Bertz CT molecular complexity index is 713. The summed E-state index contributed by atoms with van der Waals surface area (Å²) in [5.41, 5.74) is -0.418. The molecule has 0 N–H and O–H groups in total. The van der Waals surface area contributed by atoms with Gasteiger partial charge in [0.2, 0.25) is 0 Å². The third kappa shape index (κ3) is 3.81. The fraction of sp³-hybridized carbons (Fsp3) is 0.556. The number of halogens is 2. The first kappa shape index (κ1) is 18.2. The van der Waals surface area contributed by atoms with Gasteiger partial charge in [-0.15, -0.1) is 0 Å². The molecule has 0 bridgehead atoms. The Labute approximate surface area is 155 Å². The molecule has 3 rings (SSSR count). The Hall–Kier alpha value is -1.63. The van der Waals surface area contributed by atoms with E-state index >= 15 is 0 Å². The number of ether oxygens (including phenoxy) is 1. The van der Waals surface area contributed by atoms with Crippen LogP contribution in [-0.2, 0) is 4.74 Å². The standard InChI is InChI=1S/C18H22BrFN2O3/c1-17(2,3)25-16(24)21-8-9-22(18(11-21)6-7-18)15(23)13-5-4-12(20)10-14(13)19/h4-5,10H,6-9,11H2,1-3H3. The Morgan fingerprint density at radius 1 is 1.24 bits per heavy atom. The molecule has 1 saturated carbocycles. The molecule has 2 fully saturated rings. The number of hydrogen-bond acceptors (Lipinski definition) is 3. The third-order valence-corrected chi connectivity index (χ3v) is 5.19. The number of amides is 2. The number of carbonyl (C=O) groups excluding carboxylic acids is 2. The monoisotopic (exact) mass is 412 g/mol. The lowest BCUT2D eigenvalue weighted by atomic mass is 10.1. The molecule has 0 aromatic heterocycles. The van der Waals surface area contributed by atoms with Gasteiger partial charge in [-0.25, -0.2) is 9.18 Å². The summed E-state index contributed by atoms with van der Waals surface area (Å²) in [7, 11) is 0. The summed E-state index contributed by atoms with van der Waals surface area (Å²) >= 11 is 3.27. The smallest absolute Gasteiger partial charge is 0.410 e. The lowest BCUT2D eigenvalue weighted by Crippen LogP contribution is -2.58. The number of carbonyl (C=O) groups is 2. The minimum atomic E-state index is -0.542. The van der Waals surface area contributed by atoms with Gasteiger partial charge in [0.15, 0.2) is 0 Å². The zero-order valence-electron chi connectivity index (χ0n) is 14.6. The van der Waals surface area contributed by atoms with Crippen molar-refractivity contribution >= 4 is 27.9 Å². The minimum Gasteiger partial charge on any atom is -0.444 e. The van der Waals surface area contributed by atoms with Crippen LogP contribution < -0.4 is 0 Å². The lowest BCUT2D eigenvalue weighted by molar-refractivity contribution is 0.000609. The number of hydrogen-bond donors (Lipinski definition) is 0. The van der Waals surface area contributed by atoms with Gasteiger partial charge >= 0.3 is 6.09 Å². The number of piperazine rings is 1. The molecule has 1 aliphatic carbocycles. The van der Waals surface area contributed by atoms with Crippen LogP contribution in [0.25, 0.3) is 0 Å². The average molecular weight is 413 g/mol. The third-order valence-electron chi connectivity index (χ3n) is 4.54. The first-order chi connectivity index (χ1) is 11.6. The van der Waals surface area contributed by atoms with E-state index in [1.807, 2.05) is 25.7 Å². The van der Waals surface area contributed by atoms with Crippen molar-refractivity contribution in [2.24, 2.45) is 0 Å². The number of nitrogens with zero attached hydrogens (tertiary/aromatic N) is 2. The average Bonchev–Trinajstić information content (AvgIpc) is 3.24. The summed E-state index contributed by atoms with van der Waals surface area (Å²) in [6, 6.07) is 4.08. The molecule has 7 heteroatoms. The van der Waals surface area contributed by atoms with Crippen LogP contribution in [0.1, 0.15) is 44.0 Å². The van der Waals surface area contributed by atoms with Gasteiger partial charge in [0.1, 0.15) is 11.4 Å². The van der Waals surface area contributed by atoms with Crippen molar-refractivity contribution in [1.29, 1.82) is 0 Å². The largest absolute Gasteiger partial charge is 0.444 e. The molecule has 1 aliphatic heterocycles. The fourth-order valence-electron chi connectivity index (χ4n) is 3.16. The second kappa shape index (κ2) is 6.27. The normalized spacial score (nSPS) is 19.1. The molecule has 1 spiro atoms. The van der Waals surface area contributed by atoms with Gasteiger partial charge in [-0.05, 0) is 67.7 Å². The molecule has 1 saturated heterocycles. The summed E-state index contributed by atoms with van der Waals surface area (Å²) in [5.74, 6) is -0.521. The van der Waals surface area contributed by atoms with Crippen LogP contribution in [0.3, 0.4) is 0 Å². The van der Waals surface area contributed by atoms with Gasteiger partial charge in [-0.1, -0.05) is 0 Å². The predicted octanol–water partition coefficient (Wildman–Crippen LogP) is 3.81. The summed E-state index contributed by atoms with van der Waals surface area (Å²) in [6.07, 6.45) is 1.38. The highest BCUT2D eigenvalue weighted by Gasteiger charge is 2.54. The molecule has 136 valence electrons. The molecule has 2 aliphatic rings. The van der Waals surface area contributed by atoms with Crippen LogP contribution in [0.15, 0.2) is 22.7 Å². The van der Waals surface area contributed by atoms with Crippen molar-refractivity contribution in [3.63, 3.8) is 0 Å². The molecule has 0 unspecified atom stereocenters. The van der Waals surface area contributed by atoms with Gasteiger partial charge in [0.05, 0.1) is 11.1 Å². The van der Waals surface area contributed by atoms with Crippen LogP contribution in [-0.4, -0.2) is 52.6 Å². The van der Waals surface area contributed by atoms with E-state index in [1.54, 1.807) is 4.90 Å². The molecule has 5 nitrogen and oxygen atoms in total. The first-order valence-electron chi connectivity index (χ1n) is 8.36. The zero-order valence-corrected chi connectivity index (χ0v) is 16.2. The van der Waals surface area contributed by atoms with Gasteiger partial charge in [0, 0.05) is 24.1 Å². The van der Waals surface area contributed by atoms with Gasteiger partial charge in [-0.3, -0.25) is 4.79 Å². The maximum atomic E-state index is 13.3. The molecule has 1 heterocycles. The van der Waals surface area contributed by atoms with Crippen molar-refractivity contribution in [1.82, 2.24) is 9.80 Å². The van der Waals surface area contributed by atoms with Crippen LogP contribution >= 0.6 is 15.9 Å². The highest BCUT2D eigenvalue weighted by atomic mass is 79.9. The van der Waals surface area contributed by atoms with E-state index in [1.165, 1.54) is 18.2 Å². The molecule has 0 radical (unpaired) electrons.